The molecule has 1 aromatic heterocycles. The van der Waals surface area contributed by atoms with Crippen LogP contribution in [-0.2, 0) is 11.3 Å². The number of hydrogen-bond donors (Lipinski definition) is 1. The lowest BCUT2D eigenvalue weighted by Gasteiger charge is -2.24. The zero-order valence-corrected chi connectivity index (χ0v) is 8.43. The van der Waals surface area contributed by atoms with Crippen LogP contribution in [0.5, 0.6) is 0 Å². The molecule has 0 saturated heterocycles. The molecule has 6 heteroatoms. The largest absolute Gasteiger partial charge is 0.458 e. The Hall–Kier alpha value is -1.43. The minimum Gasteiger partial charge on any atom is -0.458 e. The highest BCUT2D eigenvalue weighted by molar-refractivity contribution is 5.86. The van der Waals surface area contributed by atoms with Gasteiger partial charge >= 0.3 is 5.97 Å². The van der Waals surface area contributed by atoms with Gasteiger partial charge in [-0.2, -0.15) is 0 Å². The number of ether oxygens (including phenoxy) is 1. The summed E-state index contributed by atoms with van der Waals surface area (Å²) in [7, 11) is 0. The van der Waals surface area contributed by atoms with Gasteiger partial charge in [0.05, 0.1) is 12.7 Å². The van der Waals surface area contributed by atoms with Gasteiger partial charge in [0.25, 0.3) is 0 Å². The third kappa shape index (κ3) is 2.33. The van der Waals surface area contributed by atoms with Crippen LogP contribution >= 0.6 is 0 Å². The van der Waals surface area contributed by atoms with Crippen LogP contribution in [0.4, 0.5) is 0 Å². The standard InChI is InChI=1S/C9H14N4O2/c10-4-5-13-6-8(11-12-13)9(14)15-7-2-1-3-7/h6-7H,1-5,10H2. The van der Waals surface area contributed by atoms with Crippen molar-refractivity contribution in [2.24, 2.45) is 5.73 Å². The topological polar surface area (TPSA) is 83.0 Å². The Kier molecular flexibility index (Phi) is 2.96. The molecule has 2 rings (SSSR count). The van der Waals surface area contributed by atoms with E-state index in [0.29, 0.717) is 13.1 Å². The normalized spacial score (nSPS) is 16.1. The molecule has 0 aliphatic heterocycles. The van der Waals surface area contributed by atoms with Gasteiger partial charge in [-0.25, -0.2) is 4.79 Å². The van der Waals surface area contributed by atoms with Crippen LogP contribution in [0.1, 0.15) is 29.8 Å². The van der Waals surface area contributed by atoms with Crippen molar-refractivity contribution in [2.45, 2.75) is 31.9 Å². The monoisotopic (exact) mass is 210 g/mol. The quantitative estimate of drug-likeness (QED) is 0.704. The summed E-state index contributed by atoms with van der Waals surface area (Å²) in [5.41, 5.74) is 5.61. The third-order valence-electron chi connectivity index (χ3n) is 2.43. The average molecular weight is 210 g/mol. The van der Waals surface area contributed by atoms with E-state index >= 15 is 0 Å². The van der Waals surface area contributed by atoms with Crippen molar-refractivity contribution < 1.29 is 9.53 Å². The fraction of sp³-hybridized carbons (Fsp3) is 0.667. The zero-order chi connectivity index (χ0) is 10.7. The van der Waals surface area contributed by atoms with Crippen LogP contribution in [-0.4, -0.2) is 33.6 Å². The molecule has 0 amide bonds. The summed E-state index contributed by atoms with van der Waals surface area (Å²) in [6, 6.07) is 0. The molecule has 1 fully saturated rings. The van der Waals surface area contributed by atoms with E-state index in [1.165, 1.54) is 4.68 Å². The lowest BCUT2D eigenvalue weighted by atomic mass is 9.96. The third-order valence-corrected chi connectivity index (χ3v) is 2.43. The van der Waals surface area contributed by atoms with Crippen LogP contribution in [0.2, 0.25) is 0 Å². The Bertz CT molecular complexity index is 346. The number of rotatable bonds is 4. The molecule has 2 N–H and O–H groups in total. The van der Waals surface area contributed by atoms with E-state index in [4.69, 9.17) is 10.5 Å². The van der Waals surface area contributed by atoms with Gasteiger partial charge in [-0.15, -0.1) is 5.10 Å². The van der Waals surface area contributed by atoms with E-state index < -0.39 is 0 Å². The minimum absolute atomic E-state index is 0.0807. The average Bonchev–Trinajstić information content (AvgIpc) is 2.60. The first-order valence-corrected chi connectivity index (χ1v) is 5.11. The number of esters is 1. The van der Waals surface area contributed by atoms with E-state index in [-0.39, 0.29) is 17.8 Å². The fourth-order valence-electron chi connectivity index (χ4n) is 1.33. The maximum absolute atomic E-state index is 11.5. The molecular weight excluding hydrogens is 196 g/mol. The molecular formula is C9H14N4O2. The van der Waals surface area contributed by atoms with Crippen molar-refractivity contribution in [1.29, 1.82) is 0 Å². The highest BCUT2D eigenvalue weighted by atomic mass is 16.5. The zero-order valence-electron chi connectivity index (χ0n) is 8.43. The minimum atomic E-state index is -0.386. The summed E-state index contributed by atoms with van der Waals surface area (Å²) in [6.45, 7) is 1.03. The number of carbonyl (C=O) groups is 1. The second kappa shape index (κ2) is 4.39. The van der Waals surface area contributed by atoms with Crippen molar-refractivity contribution in [2.75, 3.05) is 6.54 Å². The van der Waals surface area contributed by atoms with E-state index in [0.717, 1.165) is 19.3 Å². The summed E-state index contributed by atoms with van der Waals surface area (Å²) >= 11 is 0. The summed E-state index contributed by atoms with van der Waals surface area (Å²) in [5.74, 6) is -0.386. The number of aromatic nitrogens is 3. The van der Waals surface area contributed by atoms with Crippen LogP contribution in [0.25, 0.3) is 0 Å². The predicted octanol–water partition coefficient (Wildman–Crippen LogP) is -0.0539. The first kappa shape index (κ1) is 10.1. The summed E-state index contributed by atoms with van der Waals surface area (Å²) in [6.07, 6.45) is 4.70. The first-order chi connectivity index (χ1) is 7.29. The van der Waals surface area contributed by atoms with Crippen molar-refractivity contribution in [3.8, 4) is 0 Å². The molecule has 1 aliphatic carbocycles. The van der Waals surface area contributed by atoms with Crippen molar-refractivity contribution in [1.82, 2.24) is 15.0 Å². The molecule has 0 bridgehead atoms. The molecule has 1 aromatic rings. The maximum Gasteiger partial charge on any atom is 0.360 e. The molecule has 0 radical (unpaired) electrons. The van der Waals surface area contributed by atoms with E-state index in [1.807, 2.05) is 0 Å². The van der Waals surface area contributed by atoms with E-state index in [1.54, 1.807) is 6.20 Å². The lowest BCUT2D eigenvalue weighted by molar-refractivity contribution is 0.00835. The molecule has 1 saturated carbocycles. The van der Waals surface area contributed by atoms with Crippen LogP contribution in [0.3, 0.4) is 0 Å². The Balaban J connectivity index is 1.92. The molecule has 6 nitrogen and oxygen atoms in total. The fourth-order valence-corrected chi connectivity index (χ4v) is 1.33. The first-order valence-electron chi connectivity index (χ1n) is 5.11. The van der Waals surface area contributed by atoms with E-state index in [2.05, 4.69) is 10.3 Å². The van der Waals surface area contributed by atoms with Crippen LogP contribution in [0, 0.1) is 0 Å². The second-order valence-electron chi connectivity index (χ2n) is 3.61. The molecule has 82 valence electrons. The smallest absolute Gasteiger partial charge is 0.360 e. The van der Waals surface area contributed by atoms with Crippen molar-refractivity contribution in [3.63, 3.8) is 0 Å². The summed E-state index contributed by atoms with van der Waals surface area (Å²) in [4.78, 5) is 11.5. The highest BCUT2D eigenvalue weighted by Gasteiger charge is 2.23. The molecule has 15 heavy (non-hydrogen) atoms. The maximum atomic E-state index is 11.5. The number of nitrogens with two attached hydrogens (primary N) is 1. The number of carbonyl (C=O) groups excluding carboxylic acids is 1. The molecule has 1 aliphatic rings. The summed E-state index contributed by atoms with van der Waals surface area (Å²) < 4.78 is 6.72. The van der Waals surface area contributed by atoms with Gasteiger partial charge in [-0.05, 0) is 19.3 Å². The van der Waals surface area contributed by atoms with Crippen molar-refractivity contribution >= 4 is 5.97 Å². The van der Waals surface area contributed by atoms with Gasteiger partial charge in [0, 0.05) is 6.54 Å². The Labute approximate surface area is 87.4 Å². The molecule has 0 aromatic carbocycles. The van der Waals surface area contributed by atoms with Gasteiger partial charge in [0.15, 0.2) is 5.69 Å². The molecule has 0 spiro atoms. The molecule has 1 heterocycles. The molecule has 0 unspecified atom stereocenters. The van der Waals surface area contributed by atoms with Gasteiger partial charge in [-0.3, -0.25) is 4.68 Å². The predicted molar refractivity (Wildman–Crippen MR) is 52.1 cm³/mol. The Morgan fingerprint density at radius 2 is 2.47 bits per heavy atom. The molecule has 0 atom stereocenters. The van der Waals surface area contributed by atoms with Gasteiger partial charge in [0.1, 0.15) is 6.10 Å². The van der Waals surface area contributed by atoms with Gasteiger partial charge in [0.2, 0.25) is 0 Å². The van der Waals surface area contributed by atoms with Crippen molar-refractivity contribution in [3.05, 3.63) is 11.9 Å². The Morgan fingerprint density at radius 1 is 1.67 bits per heavy atom. The highest BCUT2D eigenvalue weighted by Crippen LogP contribution is 2.22. The van der Waals surface area contributed by atoms with Gasteiger partial charge in [-0.1, -0.05) is 5.21 Å². The summed E-state index contributed by atoms with van der Waals surface area (Å²) in [5, 5.41) is 7.49. The second-order valence-corrected chi connectivity index (χ2v) is 3.61. The number of nitrogens with zero attached hydrogens (tertiary/aromatic N) is 3. The van der Waals surface area contributed by atoms with E-state index in [9.17, 15) is 4.79 Å². The number of hydrogen-bond acceptors (Lipinski definition) is 5. The van der Waals surface area contributed by atoms with Crippen LogP contribution < -0.4 is 5.73 Å². The Morgan fingerprint density at radius 3 is 3.07 bits per heavy atom. The SMILES string of the molecule is NCCn1cc(C(=O)OC2CCC2)nn1. The lowest BCUT2D eigenvalue weighted by Crippen LogP contribution is -2.25. The van der Waals surface area contributed by atoms with Gasteiger partial charge < -0.3 is 10.5 Å². The van der Waals surface area contributed by atoms with Crippen LogP contribution in [0.15, 0.2) is 6.20 Å².